The molecule has 0 saturated carbocycles. The lowest BCUT2D eigenvalue weighted by Gasteiger charge is -2.05. The maximum atomic E-state index is 12.6. The monoisotopic (exact) mass is 331 g/mol. The summed E-state index contributed by atoms with van der Waals surface area (Å²) >= 11 is 0.332. The molecule has 0 saturated heterocycles. The number of alkyl halides is 3. The van der Waals surface area contributed by atoms with Crippen LogP contribution in [0.2, 0.25) is 0 Å². The Hall–Kier alpha value is -2.16. The molecule has 0 radical (unpaired) electrons. The van der Waals surface area contributed by atoms with Crippen LogP contribution in [0, 0.1) is 6.92 Å². The number of carbonyl (C=O) groups excluding carboxylic acids is 1. The fraction of sp³-hybridized carbons (Fsp3) is 0.308. The predicted octanol–water partition coefficient (Wildman–Crippen LogP) is 2.80. The highest BCUT2D eigenvalue weighted by Crippen LogP contribution is 2.33. The summed E-state index contributed by atoms with van der Waals surface area (Å²) in [7, 11) is 1.46. The number of pyridine rings is 1. The number of rotatable bonds is 4. The topological polar surface area (TPSA) is 64.1 Å². The Balaban J connectivity index is 2.08. The van der Waals surface area contributed by atoms with Crippen molar-refractivity contribution in [1.82, 2.24) is 15.3 Å². The summed E-state index contributed by atoms with van der Waals surface area (Å²) < 4.78 is 42.7. The second kappa shape index (κ2) is 6.30. The Kier molecular flexibility index (Phi) is 4.65. The molecule has 0 bridgehead atoms. The molecule has 2 rings (SSSR count). The van der Waals surface area contributed by atoms with Gasteiger partial charge >= 0.3 is 6.18 Å². The number of aromatic nitrogens is 2. The average molecular weight is 331 g/mol. The molecule has 0 aliphatic heterocycles. The number of aryl methyl sites for hydroxylation is 1. The summed E-state index contributed by atoms with van der Waals surface area (Å²) in [5, 5.41) is 1.53. The zero-order chi connectivity index (χ0) is 16.3. The van der Waals surface area contributed by atoms with Crippen LogP contribution in [-0.4, -0.2) is 23.0 Å². The van der Waals surface area contributed by atoms with Crippen LogP contribution in [-0.2, 0) is 12.7 Å². The van der Waals surface area contributed by atoms with E-state index < -0.39 is 17.1 Å². The summed E-state index contributed by atoms with van der Waals surface area (Å²) in [6.45, 7) is 1.52. The van der Waals surface area contributed by atoms with Gasteiger partial charge in [-0.1, -0.05) is 0 Å². The number of thiazole rings is 1. The fourth-order valence-corrected chi connectivity index (χ4v) is 2.51. The number of nitrogens with zero attached hydrogens (tertiary/aromatic N) is 2. The van der Waals surface area contributed by atoms with E-state index in [0.717, 1.165) is 5.56 Å². The van der Waals surface area contributed by atoms with Gasteiger partial charge in [-0.05, 0) is 18.6 Å². The van der Waals surface area contributed by atoms with Crippen LogP contribution in [0.3, 0.4) is 0 Å². The van der Waals surface area contributed by atoms with E-state index in [2.05, 4.69) is 15.3 Å². The van der Waals surface area contributed by atoms with E-state index in [1.807, 2.05) is 0 Å². The number of ether oxygens (including phenoxy) is 1. The van der Waals surface area contributed by atoms with Crippen molar-refractivity contribution in [3.63, 3.8) is 0 Å². The van der Waals surface area contributed by atoms with Gasteiger partial charge in [-0.3, -0.25) is 4.79 Å². The molecule has 0 aliphatic rings. The summed E-state index contributed by atoms with van der Waals surface area (Å²) in [5.74, 6) is -0.207. The SMILES string of the molecule is COc1cc(CNC(=O)c2sc(C(F)(F)F)nc2C)ccn1. The molecule has 0 spiro atoms. The molecular formula is C13H12F3N3O2S. The fourth-order valence-electron chi connectivity index (χ4n) is 1.66. The lowest BCUT2D eigenvalue weighted by molar-refractivity contribution is -0.137. The van der Waals surface area contributed by atoms with Gasteiger partial charge in [0.1, 0.15) is 4.88 Å². The third-order valence-electron chi connectivity index (χ3n) is 2.71. The maximum Gasteiger partial charge on any atom is 0.443 e. The summed E-state index contributed by atoms with van der Waals surface area (Å²) in [6.07, 6.45) is -3.04. The molecule has 118 valence electrons. The normalized spacial score (nSPS) is 11.3. The zero-order valence-corrected chi connectivity index (χ0v) is 12.5. The Morgan fingerprint density at radius 2 is 2.18 bits per heavy atom. The minimum absolute atomic E-state index is 0.0478. The van der Waals surface area contributed by atoms with Crippen LogP contribution >= 0.6 is 11.3 Å². The van der Waals surface area contributed by atoms with Crippen molar-refractivity contribution in [2.75, 3.05) is 7.11 Å². The third kappa shape index (κ3) is 3.73. The molecule has 0 aliphatic carbocycles. The minimum atomic E-state index is -4.55. The van der Waals surface area contributed by atoms with Crippen molar-refractivity contribution in [2.45, 2.75) is 19.6 Å². The second-order valence-electron chi connectivity index (χ2n) is 4.32. The summed E-state index contributed by atoms with van der Waals surface area (Å²) in [5.41, 5.74) is 0.778. The molecule has 1 amide bonds. The van der Waals surface area contributed by atoms with Crippen molar-refractivity contribution in [1.29, 1.82) is 0 Å². The first-order valence-electron chi connectivity index (χ1n) is 6.13. The van der Waals surface area contributed by atoms with Crippen LogP contribution in [0.15, 0.2) is 18.3 Å². The lowest BCUT2D eigenvalue weighted by atomic mass is 10.2. The van der Waals surface area contributed by atoms with E-state index in [0.29, 0.717) is 17.2 Å². The van der Waals surface area contributed by atoms with Gasteiger partial charge in [-0.25, -0.2) is 9.97 Å². The van der Waals surface area contributed by atoms with E-state index in [4.69, 9.17) is 4.74 Å². The summed E-state index contributed by atoms with van der Waals surface area (Å²) in [6, 6.07) is 3.30. The van der Waals surface area contributed by atoms with Gasteiger partial charge in [-0.2, -0.15) is 13.2 Å². The van der Waals surface area contributed by atoms with Gasteiger partial charge in [0.05, 0.1) is 12.8 Å². The number of hydrogen-bond acceptors (Lipinski definition) is 5. The molecule has 0 atom stereocenters. The molecule has 0 unspecified atom stereocenters. The Labute approximate surface area is 128 Å². The van der Waals surface area contributed by atoms with Gasteiger partial charge in [0.25, 0.3) is 5.91 Å². The first-order valence-corrected chi connectivity index (χ1v) is 6.94. The number of carbonyl (C=O) groups is 1. The van der Waals surface area contributed by atoms with Crippen LogP contribution < -0.4 is 10.1 Å². The van der Waals surface area contributed by atoms with Crippen LogP contribution in [0.1, 0.15) is 25.9 Å². The number of methoxy groups -OCH3 is 1. The van der Waals surface area contributed by atoms with Crippen LogP contribution in [0.4, 0.5) is 13.2 Å². The number of halogens is 3. The standard InChI is InChI=1S/C13H12F3N3O2S/c1-7-10(22-12(19-7)13(14,15)16)11(20)18-6-8-3-4-17-9(5-8)21-2/h3-5H,6H2,1-2H3,(H,18,20). The lowest BCUT2D eigenvalue weighted by Crippen LogP contribution is -2.22. The first-order chi connectivity index (χ1) is 10.3. The van der Waals surface area contributed by atoms with E-state index in [1.54, 1.807) is 12.1 Å². The van der Waals surface area contributed by atoms with Crippen molar-refractivity contribution in [3.05, 3.63) is 39.5 Å². The van der Waals surface area contributed by atoms with Gasteiger partial charge < -0.3 is 10.1 Å². The molecule has 2 aromatic rings. The maximum absolute atomic E-state index is 12.6. The molecule has 1 N–H and O–H groups in total. The van der Waals surface area contributed by atoms with Gasteiger partial charge in [-0.15, -0.1) is 11.3 Å². The molecule has 2 aromatic heterocycles. The molecule has 22 heavy (non-hydrogen) atoms. The molecule has 2 heterocycles. The highest BCUT2D eigenvalue weighted by atomic mass is 32.1. The molecule has 0 fully saturated rings. The highest BCUT2D eigenvalue weighted by Gasteiger charge is 2.36. The van der Waals surface area contributed by atoms with Gasteiger partial charge in [0.2, 0.25) is 5.88 Å². The zero-order valence-electron chi connectivity index (χ0n) is 11.7. The number of nitrogens with one attached hydrogen (secondary N) is 1. The van der Waals surface area contributed by atoms with E-state index in [-0.39, 0.29) is 17.1 Å². The van der Waals surface area contributed by atoms with Crippen molar-refractivity contribution in [3.8, 4) is 5.88 Å². The van der Waals surface area contributed by atoms with Gasteiger partial charge in [0.15, 0.2) is 5.01 Å². The molecular weight excluding hydrogens is 319 g/mol. The van der Waals surface area contributed by atoms with E-state index >= 15 is 0 Å². The first kappa shape index (κ1) is 16.2. The Bertz CT molecular complexity index is 685. The Morgan fingerprint density at radius 1 is 1.45 bits per heavy atom. The minimum Gasteiger partial charge on any atom is -0.481 e. The van der Waals surface area contributed by atoms with Crippen molar-refractivity contribution in [2.24, 2.45) is 0 Å². The quantitative estimate of drug-likeness (QED) is 0.936. The Morgan fingerprint density at radius 3 is 2.77 bits per heavy atom. The third-order valence-corrected chi connectivity index (χ3v) is 3.91. The van der Waals surface area contributed by atoms with Gasteiger partial charge in [0, 0.05) is 18.8 Å². The van der Waals surface area contributed by atoms with E-state index in [1.165, 1.54) is 20.2 Å². The second-order valence-corrected chi connectivity index (χ2v) is 5.32. The molecule has 0 aromatic carbocycles. The summed E-state index contributed by atoms with van der Waals surface area (Å²) in [4.78, 5) is 19.2. The largest absolute Gasteiger partial charge is 0.481 e. The number of hydrogen-bond donors (Lipinski definition) is 1. The average Bonchev–Trinajstić information content (AvgIpc) is 2.87. The highest BCUT2D eigenvalue weighted by molar-refractivity contribution is 7.13. The van der Waals surface area contributed by atoms with Crippen molar-refractivity contribution >= 4 is 17.2 Å². The number of amides is 1. The molecule has 9 heteroatoms. The van der Waals surface area contributed by atoms with E-state index in [9.17, 15) is 18.0 Å². The van der Waals surface area contributed by atoms with Crippen molar-refractivity contribution < 1.29 is 22.7 Å². The predicted molar refractivity (Wildman–Crippen MR) is 73.8 cm³/mol. The smallest absolute Gasteiger partial charge is 0.443 e. The molecule has 5 nitrogen and oxygen atoms in total. The van der Waals surface area contributed by atoms with Crippen LogP contribution in [0.25, 0.3) is 0 Å². The van der Waals surface area contributed by atoms with Crippen LogP contribution in [0.5, 0.6) is 5.88 Å².